The summed E-state index contributed by atoms with van der Waals surface area (Å²) in [6.07, 6.45) is 0. The molecule has 0 atom stereocenters. The van der Waals surface area contributed by atoms with Crippen molar-refractivity contribution >= 4 is 46.5 Å². The van der Waals surface area contributed by atoms with Gasteiger partial charge in [-0.2, -0.15) is 0 Å². The van der Waals surface area contributed by atoms with Gasteiger partial charge in [-0.05, 0) is 6.07 Å². The van der Waals surface area contributed by atoms with Crippen LogP contribution in [-0.2, 0) is 0 Å². The molecular formula is C6H5Cl2N3O2S. The van der Waals surface area contributed by atoms with E-state index in [1.807, 2.05) is 5.43 Å². The maximum absolute atomic E-state index is 11.3. The predicted molar refractivity (Wildman–Crippen MR) is 54.5 cm³/mol. The predicted octanol–water partition coefficient (Wildman–Crippen LogP) is 1.37. The van der Waals surface area contributed by atoms with E-state index in [9.17, 15) is 9.59 Å². The number of nitrogens with one attached hydrogen (secondary N) is 2. The molecule has 0 unspecified atom stereocenters. The zero-order valence-corrected chi connectivity index (χ0v) is 8.96. The molecule has 76 valence electrons. The maximum Gasteiger partial charge on any atom is 0.330 e. The van der Waals surface area contributed by atoms with Crippen molar-refractivity contribution in [2.45, 2.75) is 0 Å². The molecule has 0 aliphatic heterocycles. The topological polar surface area (TPSA) is 84.2 Å². The highest BCUT2D eigenvalue weighted by Gasteiger charge is 2.13. The summed E-state index contributed by atoms with van der Waals surface area (Å²) in [6.45, 7) is 0. The van der Waals surface area contributed by atoms with E-state index in [0.717, 1.165) is 11.3 Å². The molecule has 0 spiro atoms. The molecular weight excluding hydrogens is 249 g/mol. The summed E-state index contributed by atoms with van der Waals surface area (Å²) in [7, 11) is 0. The first-order valence-corrected chi connectivity index (χ1v) is 4.88. The number of rotatable bonds is 1. The SMILES string of the molecule is NC(=O)NNC(=O)c1cc(Cl)sc1Cl. The summed E-state index contributed by atoms with van der Waals surface area (Å²) in [5.74, 6) is -0.572. The largest absolute Gasteiger partial charge is 0.350 e. The second kappa shape index (κ2) is 4.50. The molecule has 0 radical (unpaired) electrons. The van der Waals surface area contributed by atoms with Gasteiger partial charge in [0.1, 0.15) is 4.34 Å². The molecule has 0 aliphatic carbocycles. The van der Waals surface area contributed by atoms with Crippen molar-refractivity contribution in [3.05, 3.63) is 20.3 Å². The second-order valence-corrected chi connectivity index (χ2v) is 4.47. The molecule has 0 saturated heterocycles. The van der Waals surface area contributed by atoms with Crippen LogP contribution in [0.25, 0.3) is 0 Å². The minimum Gasteiger partial charge on any atom is -0.350 e. The summed E-state index contributed by atoms with van der Waals surface area (Å²) in [6, 6.07) is 0.530. The lowest BCUT2D eigenvalue weighted by Crippen LogP contribution is -2.44. The van der Waals surface area contributed by atoms with Gasteiger partial charge in [-0.1, -0.05) is 23.2 Å². The molecule has 0 saturated carbocycles. The number of carbonyl (C=O) groups excluding carboxylic acids is 2. The van der Waals surface area contributed by atoms with E-state index in [-0.39, 0.29) is 9.90 Å². The van der Waals surface area contributed by atoms with Crippen LogP contribution in [0.15, 0.2) is 6.07 Å². The molecule has 0 aromatic carbocycles. The van der Waals surface area contributed by atoms with E-state index in [1.54, 1.807) is 0 Å². The number of hydrazine groups is 1. The van der Waals surface area contributed by atoms with Crippen LogP contribution in [0.3, 0.4) is 0 Å². The lowest BCUT2D eigenvalue weighted by atomic mass is 10.3. The van der Waals surface area contributed by atoms with E-state index in [2.05, 4.69) is 5.43 Å². The summed E-state index contributed by atoms with van der Waals surface area (Å²) in [5.41, 5.74) is 8.91. The monoisotopic (exact) mass is 253 g/mol. The quantitative estimate of drug-likeness (QED) is 0.661. The van der Waals surface area contributed by atoms with Crippen LogP contribution in [0.5, 0.6) is 0 Å². The molecule has 0 aliphatic rings. The Labute approximate surface area is 93.1 Å². The van der Waals surface area contributed by atoms with Crippen molar-refractivity contribution in [3.8, 4) is 0 Å². The third-order valence-electron chi connectivity index (χ3n) is 1.20. The second-order valence-electron chi connectivity index (χ2n) is 2.18. The van der Waals surface area contributed by atoms with Gasteiger partial charge in [-0.3, -0.25) is 10.2 Å². The van der Waals surface area contributed by atoms with Crippen molar-refractivity contribution in [2.24, 2.45) is 5.73 Å². The van der Waals surface area contributed by atoms with Gasteiger partial charge in [0.2, 0.25) is 0 Å². The third kappa shape index (κ3) is 2.76. The van der Waals surface area contributed by atoms with Crippen molar-refractivity contribution < 1.29 is 9.59 Å². The Hall–Kier alpha value is -0.980. The Kier molecular flexibility index (Phi) is 3.56. The molecule has 1 aromatic rings. The highest BCUT2D eigenvalue weighted by molar-refractivity contribution is 7.20. The summed E-state index contributed by atoms with van der Waals surface area (Å²) in [5, 5.41) is 0. The smallest absolute Gasteiger partial charge is 0.330 e. The first-order valence-electron chi connectivity index (χ1n) is 3.31. The molecule has 1 rings (SSSR count). The average molecular weight is 254 g/mol. The van der Waals surface area contributed by atoms with Gasteiger partial charge in [0.05, 0.1) is 9.90 Å². The molecule has 4 N–H and O–H groups in total. The van der Waals surface area contributed by atoms with Crippen LogP contribution in [0.1, 0.15) is 10.4 Å². The Bertz CT molecular complexity index is 379. The Morgan fingerprint density at radius 3 is 2.43 bits per heavy atom. The van der Waals surface area contributed by atoms with Crippen molar-refractivity contribution in [1.29, 1.82) is 0 Å². The zero-order chi connectivity index (χ0) is 10.7. The normalized spacial score (nSPS) is 9.57. The van der Waals surface area contributed by atoms with Crippen molar-refractivity contribution in [1.82, 2.24) is 10.9 Å². The number of nitrogens with two attached hydrogens (primary N) is 1. The number of primary amides is 1. The summed E-state index contributed by atoms with van der Waals surface area (Å²) < 4.78 is 0.637. The molecule has 3 amide bonds. The molecule has 1 aromatic heterocycles. The number of amides is 3. The Morgan fingerprint density at radius 2 is 2.00 bits per heavy atom. The first kappa shape index (κ1) is 11.1. The number of urea groups is 1. The van der Waals surface area contributed by atoms with E-state index < -0.39 is 11.9 Å². The van der Waals surface area contributed by atoms with Gasteiger partial charge in [0, 0.05) is 0 Å². The van der Waals surface area contributed by atoms with E-state index in [4.69, 9.17) is 28.9 Å². The number of hydrogen-bond donors (Lipinski definition) is 3. The highest BCUT2D eigenvalue weighted by atomic mass is 35.5. The minimum atomic E-state index is -0.865. The average Bonchev–Trinajstić information content (AvgIpc) is 2.41. The van der Waals surface area contributed by atoms with Gasteiger partial charge < -0.3 is 5.73 Å². The standard InChI is InChI=1S/C6H5Cl2N3O2S/c7-3-1-2(4(8)14-3)5(12)10-11-6(9)13/h1H,(H,10,12)(H3,9,11,13). The van der Waals surface area contributed by atoms with Gasteiger partial charge in [-0.25, -0.2) is 10.2 Å². The Morgan fingerprint density at radius 1 is 1.36 bits per heavy atom. The number of carbonyl (C=O) groups is 2. The fraction of sp³-hybridized carbons (Fsp3) is 0. The van der Waals surface area contributed by atoms with Gasteiger partial charge in [0.15, 0.2) is 0 Å². The van der Waals surface area contributed by atoms with Crippen molar-refractivity contribution in [3.63, 3.8) is 0 Å². The van der Waals surface area contributed by atoms with Gasteiger partial charge in [-0.15, -0.1) is 11.3 Å². The van der Waals surface area contributed by atoms with Crippen LogP contribution < -0.4 is 16.6 Å². The maximum atomic E-state index is 11.3. The van der Waals surface area contributed by atoms with Crippen LogP contribution in [-0.4, -0.2) is 11.9 Å². The molecule has 14 heavy (non-hydrogen) atoms. The van der Waals surface area contributed by atoms with Crippen molar-refractivity contribution in [2.75, 3.05) is 0 Å². The number of hydrogen-bond acceptors (Lipinski definition) is 3. The molecule has 0 bridgehead atoms. The summed E-state index contributed by atoms with van der Waals surface area (Å²) in [4.78, 5) is 21.5. The van der Waals surface area contributed by atoms with Crippen LogP contribution >= 0.6 is 34.5 Å². The third-order valence-corrected chi connectivity index (χ3v) is 2.69. The molecule has 0 fully saturated rings. The van der Waals surface area contributed by atoms with Gasteiger partial charge in [0.25, 0.3) is 5.91 Å². The molecule has 8 heteroatoms. The van der Waals surface area contributed by atoms with E-state index in [0.29, 0.717) is 4.34 Å². The highest BCUT2D eigenvalue weighted by Crippen LogP contribution is 2.30. The first-order chi connectivity index (χ1) is 6.50. The fourth-order valence-corrected chi connectivity index (χ4v) is 2.14. The minimum absolute atomic E-state index is 0.190. The van der Waals surface area contributed by atoms with Crippen LogP contribution in [0.4, 0.5) is 4.79 Å². The molecule has 5 nitrogen and oxygen atoms in total. The zero-order valence-electron chi connectivity index (χ0n) is 6.64. The van der Waals surface area contributed by atoms with E-state index >= 15 is 0 Å². The fourth-order valence-electron chi connectivity index (χ4n) is 0.681. The molecule has 1 heterocycles. The van der Waals surface area contributed by atoms with Gasteiger partial charge >= 0.3 is 6.03 Å². The van der Waals surface area contributed by atoms with Crippen LogP contribution in [0, 0.1) is 0 Å². The number of halogens is 2. The summed E-state index contributed by atoms with van der Waals surface area (Å²) >= 11 is 12.4. The van der Waals surface area contributed by atoms with Crippen LogP contribution in [0.2, 0.25) is 8.67 Å². The lowest BCUT2D eigenvalue weighted by Gasteiger charge is -2.02. The number of thiophene rings is 1. The lowest BCUT2D eigenvalue weighted by molar-refractivity contribution is 0.0938. The Balaban J connectivity index is 2.69. The van der Waals surface area contributed by atoms with E-state index in [1.165, 1.54) is 6.07 Å².